The second-order valence-corrected chi connectivity index (χ2v) is 22.7. The summed E-state index contributed by atoms with van der Waals surface area (Å²) in [4.78, 5) is 2.54. The van der Waals surface area contributed by atoms with Gasteiger partial charge in [0.15, 0.2) is 0 Å². The molecule has 10 aromatic rings. The van der Waals surface area contributed by atoms with Gasteiger partial charge < -0.3 is 4.90 Å². The minimum atomic E-state index is -0.105. The Morgan fingerprint density at radius 3 is 1.59 bits per heavy atom. The summed E-state index contributed by atoms with van der Waals surface area (Å²) in [5, 5.41) is 2.69. The van der Waals surface area contributed by atoms with Gasteiger partial charge in [-0.05, 0) is 182 Å². The molecule has 0 atom stereocenters. The molecule has 0 saturated heterocycles. The molecule has 9 aromatic carbocycles. The summed E-state index contributed by atoms with van der Waals surface area (Å²) in [6.45, 7) is 4.79. The van der Waals surface area contributed by atoms with Gasteiger partial charge in [0.1, 0.15) is 0 Å². The lowest BCUT2D eigenvalue weighted by Gasteiger charge is -2.61. The van der Waals surface area contributed by atoms with Gasteiger partial charge in [-0.3, -0.25) is 0 Å². The Balaban J connectivity index is 0.872. The van der Waals surface area contributed by atoms with Crippen LogP contribution in [0.3, 0.4) is 0 Å². The Kier molecular flexibility index (Phi) is 8.54. The predicted molar refractivity (Wildman–Crippen MR) is 291 cm³/mol. The van der Waals surface area contributed by atoms with E-state index < -0.39 is 0 Å². The third kappa shape index (κ3) is 5.64. The van der Waals surface area contributed by atoms with E-state index in [9.17, 15) is 0 Å². The largest absolute Gasteiger partial charge is 0.310 e. The van der Waals surface area contributed by atoms with Crippen molar-refractivity contribution in [1.29, 1.82) is 0 Å². The van der Waals surface area contributed by atoms with E-state index in [1.54, 1.807) is 11.1 Å². The van der Waals surface area contributed by atoms with E-state index >= 15 is 0 Å². The number of anilines is 3. The predicted octanol–water partition coefficient (Wildman–Crippen LogP) is 18.6. The molecule has 1 nitrogen and oxygen atoms in total. The summed E-state index contributed by atoms with van der Waals surface area (Å²) in [6, 6.07) is 76.6. The molecule has 0 N–H and O–H groups in total. The van der Waals surface area contributed by atoms with Crippen LogP contribution in [0.1, 0.15) is 68.2 Å². The molecule has 4 fully saturated rings. The lowest BCUT2D eigenvalue weighted by atomic mass is 9.43. The molecule has 0 aliphatic heterocycles. The lowest BCUT2D eigenvalue weighted by Crippen LogP contribution is -2.55. The van der Waals surface area contributed by atoms with E-state index in [2.05, 4.69) is 219 Å². The van der Waals surface area contributed by atoms with Crippen LogP contribution < -0.4 is 4.90 Å². The zero-order valence-corrected chi connectivity index (χ0v) is 40.1. The first kappa shape index (κ1) is 39.9. The van der Waals surface area contributed by atoms with Gasteiger partial charge in [0.25, 0.3) is 0 Å². The maximum absolute atomic E-state index is 2.64. The van der Waals surface area contributed by atoms with Crippen molar-refractivity contribution in [2.45, 2.75) is 56.8 Å². The van der Waals surface area contributed by atoms with Crippen molar-refractivity contribution < 1.29 is 0 Å². The monoisotopic (exact) mass is 903 g/mol. The van der Waals surface area contributed by atoms with Crippen molar-refractivity contribution in [2.75, 3.05) is 4.90 Å². The number of benzene rings is 9. The van der Waals surface area contributed by atoms with Crippen molar-refractivity contribution in [3.63, 3.8) is 0 Å². The van der Waals surface area contributed by atoms with E-state index in [0.717, 1.165) is 11.8 Å². The Bertz CT molecular complexity index is 3690. The summed E-state index contributed by atoms with van der Waals surface area (Å²) in [5.41, 5.74) is 22.8. The molecular weight excluding hydrogens is 851 g/mol. The van der Waals surface area contributed by atoms with Gasteiger partial charge in [0.05, 0.1) is 0 Å². The van der Waals surface area contributed by atoms with E-state index in [1.807, 2.05) is 11.3 Å². The molecule has 0 radical (unpaired) electrons. The zero-order chi connectivity index (χ0) is 45.6. The second-order valence-electron chi connectivity index (χ2n) is 21.6. The smallest absolute Gasteiger partial charge is 0.0465 e. The van der Waals surface area contributed by atoms with Crippen LogP contribution in [-0.4, -0.2) is 0 Å². The first-order chi connectivity index (χ1) is 33.9. The van der Waals surface area contributed by atoms with Crippen LogP contribution in [0.2, 0.25) is 0 Å². The van der Waals surface area contributed by atoms with Crippen LogP contribution in [-0.2, 0) is 10.8 Å². The third-order valence-electron chi connectivity index (χ3n) is 17.9. The van der Waals surface area contributed by atoms with Gasteiger partial charge in [-0.1, -0.05) is 166 Å². The number of hydrogen-bond donors (Lipinski definition) is 0. The van der Waals surface area contributed by atoms with E-state index in [1.165, 1.54) is 136 Å². The van der Waals surface area contributed by atoms with Gasteiger partial charge in [0.2, 0.25) is 0 Å². The van der Waals surface area contributed by atoms with E-state index in [4.69, 9.17) is 0 Å². The zero-order valence-electron chi connectivity index (χ0n) is 39.3. The molecule has 4 saturated carbocycles. The molecule has 0 amide bonds. The topological polar surface area (TPSA) is 3.24 Å². The number of nitrogens with zero attached hydrogens (tertiary/aromatic N) is 1. The summed E-state index contributed by atoms with van der Waals surface area (Å²) < 4.78 is 2.68. The van der Waals surface area contributed by atoms with Gasteiger partial charge in [-0.15, -0.1) is 11.3 Å². The SMILES string of the molecule is CC1(C)c2ccccc2-c2cccc(-c3ccccc3-c3ccc(N(c4ccc(-c5cccc6sc7ccccc7c56)cc4)c4ccc5c(c4)C4(c6ccccc6-5)C5CC6CC(C5)CC4C6)cc3)c21. The highest BCUT2D eigenvalue weighted by molar-refractivity contribution is 7.25. The highest BCUT2D eigenvalue weighted by Crippen LogP contribution is 2.69. The first-order valence-corrected chi connectivity index (χ1v) is 26.2. The fourth-order valence-electron chi connectivity index (χ4n) is 15.4. The molecule has 1 heterocycles. The van der Waals surface area contributed by atoms with Crippen LogP contribution in [0.15, 0.2) is 200 Å². The average Bonchev–Trinajstić information content (AvgIpc) is 4.00. The quantitative estimate of drug-likeness (QED) is 0.161. The molecule has 1 aromatic heterocycles. The van der Waals surface area contributed by atoms with Crippen LogP contribution in [0.5, 0.6) is 0 Å². The van der Waals surface area contributed by atoms with Crippen molar-refractivity contribution in [2.24, 2.45) is 23.7 Å². The van der Waals surface area contributed by atoms with Crippen LogP contribution in [0.25, 0.3) is 75.8 Å². The first-order valence-electron chi connectivity index (χ1n) is 25.4. The minimum Gasteiger partial charge on any atom is -0.310 e. The van der Waals surface area contributed by atoms with Gasteiger partial charge in [-0.25, -0.2) is 0 Å². The fourth-order valence-corrected chi connectivity index (χ4v) is 16.5. The Labute approximate surface area is 409 Å². The van der Waals surface area contributed by atoms with Gasteiger partial charge in [-0.2, -0.15) is 0 Å². The molecule has 4 bridgehead atoms. The maximum atomic E-state index is 2.64. The summed E-state index contributed by atoms with van der Waals surface area (Å²) in [5.74, 6) is 3.22. The highest BCUT2D eigenvalue weighted by Gasteiger charge is 2.61. The van der Waals surface area contributed by atoms with Crippen molar-refractivity contribution in [3.05, 3.63) is 222 Å². The van der Waals surface area contributed by atoms with Crippen molar-refractivity contribution >= 4 is 48.6 Å². The summed E-state index contributed by atoms with van der Waals surface area (Å²) >= 11 is 1.89. The molecule has 2 heteroatoms. The number of thiophene rings is 1. The third-order valence-corrected chi connectivity index (χ3v) is 19.0. The lowest BCUT2D eigenvalue weighted by molar-refractivity contribution is -0.0399. The Morgan fingerprint density at radius 1 is 0.391 bits per heavy atom. The molecule has 6 aliphatic rings. The second kappa shape index (κ2) is 14.8. The molecule has 16 rings (SSSR count). The van der Waals surface area contributed by atoms with Crippen molar-refractivity contribution in [1.82, 2.24) is 0 Å². The molecule has 1 spiro atoms. The van der Waals surface area contributed by atoms with Crippen LogP contribution in [0, 0.1) is 23.7 Å². The van der Waals surface area contributed by atoms with Crippen LogP contribution in [0.4, 0.5) is 17.1 Å². The fraction of sp³-hybridized carbons (Fsp3) is 0.194. The number of fused-ring (bicyclic) bond motifs is 9. The normalized spacial score (nSPS) is 21.9. The number of hydrogen-bond acceptors (Lipinski definition) is 2. The Morgan fingerprint density at radius 2 is 0.884 bits per heavy atom. The van der Waals surface area contributed by atoms with E-state index in [0.29, 0.717) is 11.8 Å². The minimum absolute atomic E-state index is 0.0913. The summed E-state index contributed by atoms with van der Waals surface area (Å²) in [6.07, 6.45) is 6.96. The van der Waals surface area contributed by atoms with Crippen molar-refractivity contribution in [3.8, 4) is 55.6 Å². The standard InChI is InChI=1S/C67H53NS/c1-66(2)59-21-8-5-16-54(59)57-20-11-19-56(65(57)66)52-14-4-3-13-50(52)43-25-29-47(30-26-43)68(48-31-27-44(28-32-48)51-18-12-24-63-64(51)58-17-7-10-23-62(58)69-63)49-33-34-55-53-15-6-9-22-60(53)67(61(55)40-49)45-36-41-35-42(38-45)39-46(67)37-41/h3-34,40-42,45-46H,35-39H2,1-2H3. The van der Waals surface area contributed by atoms with Gasteiger partial charge >= 0.3 is 0 Å². The molecule has 0 unspecified atom stereocenters. The molecule has 69 heavy (non-hydrogen) atoms. The van der Waals surface area contributed by atoms with Crippen LogP contribution >= 0.6 is 11.3 Å². The van der Waals surface area contributed by atoms with Gasteiger partial charge in [0, 0.05) is 48.1 Å². The highest BCUT2D eigenvalue weighted by atomic mass is 32.1. The summed E-state index contributed by atoms with van der Waals surface area (Å²) in [7, 11) is 0. The number of rotatable bonds is 6. The molecular formula is C67H53NS. The average molecular weight is 904 g/mol. The maximum Gasteiger partial charge on any atom is 0.0465 e. The molecule has 332 valence electrons. The Hall–Kier alpha value is -7.00. The van der Waals surface area contributed by atoms with E-state index in [-0.39, 0.29) is 10.8 Å². The molecule has 6 aliphatic carbocycles.